The summed E-state index contributed by atoms with van der Waals surface area (Å²) in [5, 5.41) is 27.0. The minimum Gasteiger partial charge on any atom is -0.481 e. The fraction of sp³-hybridized carbons (Fsp3) is 0.632. The molecule has 0 unspecified atom stereocenters. The number of aliphatic carboxylic acids is 2. The van der Waals surface area contributed by atoms with Crippen molar-refractivity contribution in [3.8, 4) is 0 Å². The van der Waals surface area contributed by atoms with Crippen LogP contribution in [0.4, 0.5) is 0 Å². The van der Waals surface area contributed by atoms with Crippen molar-refractivity contribution in [3.63, 3.8) is 0 Å². The third kappa shape index (κ3) is 11.3. The maximum atomic E-state index is 12.7. The van der Waals surface area contributed by atoms with Gasteiger partial charge < -0.3 is 31.5 Å². The summed E-state index contributed by atoms with van der Waals surface area (Å²) in [6.07, 6.45) is -1.37. The molecule has 4 atom stereocenters. The van der Waals surface area contributed by atoms with Crippen molar-refractivity contribution in [3.05, 3.63) is 0 Å². The Morgan fingerprint density at radius 1 is 0.727 bits per heavy atom. The van der Waals surface area contributed by atoms with Crippen LogP contribution in [0.25, 0.3) is 0 Å². The molecule has 0 aliphatic rings. The molecule has 186 valence electrons. The fourth-order valence-corrected chi connectivity index (χ4v) is 2.83. The lowest BCUT2D eigenvalue weighted by atomic mass is 10.0. The molecule has 0 heterocycles. The summed E-state index contributed by atoms with van der Waals surface area (Å²) in [6, 6.07) is -5.14. The molecule has 0 aromatic carbocycles. The van der Waals surface area contributed by atoms with Crippen LogP contribution < -0.4 is 21.3 Å². The summed E-state index contributed by atoms with van der Waals surface area (Å²) in [4.78, 5) is 82.4. The first kappa shape index (κ1) is 29.8. The lowest BCUT2D eigenvalue weighted by Gasteiger charge is -2.26. The molecule has 0 aromatic rings. The van der Waals surface area contributed by atoms with Gasteiger partial charge in [0.25, 0.3) is 0 Å². The first-order chi connectivity index (χ1) is 15.2. The van der Waals surface area contributed by atoms with Gasteiger partial charge in [-0.15, -0.1) is 0 Å². The van der Waals surface area contributed by atoms with E-state index in [4.69, 9.17) is 10.2 Å². The summed E-state index contributed by atoms with van der Waals surface area (Å²) in [5.74, 6) is -7.23. The van der Waals surface area contributed by atoms with E-state index < -0.39 is 84.3 Å². The zero-order valence-electron chi connectivity index (χ0n) is 18.7. The van der Waals surface area contributed by atoms with Gasteiger partial charge in [0.2, 0.25) is 23.6 Å². The van der Waals surface area contributed by atoms with Crippen LogP contribution in [0.2, 0.25) is 0 Å². The average molecular weight is 491 g/mol. The second kappa shape index (κ2) is 14.1. The van der Waals surface area contributed by atoms with E-state index in [9.17, 15) is 33.6 Å². The van der Waals surface area contributed by atoms with Crippen molar-refractivity contribution in [1.29, 1.82) is 0 Å². The van der Waals surface area contributed by atoms with Gasteiger partial charge in [-0.3, -0.25) is 33.6 Å². The standard InChI is InChI=1S/C19H30N4O9S/c1-8(2)16(23-18(31)12(6-15(28)29)21-10(4)24)19(32)20-9(3)17(30)22-11(5-14(26)27)13(25)7-33/h8-9,11-12,16,33H,5-7H2,1-4H3,(H,20,32)(H,21,24)(H,22,30)(H,23,31)(H,26,27)(H,28,29)/t9-,11-,12-,16-/m0/s1. The van der Waals surface area contributed by atoms with Gasteiger partial charge in [0.15, 0.2) is 5.78 Å². The van der Waals surface area contributed by atoms with E-state index in [1.54, 1.807) is 13.8 Å². The molecule has 0 radical (unpaired) electrons. The van der Waals surface area contributed by atoms with Crippen LogP contribution in [0.1, 0.15) is 40.5 Å². The van der Waals surface area contributed by atoms with Gasteiger partial charge in [0.1, 0.15) is 18.1 Å². The topological polar surface area (TPSA) is 208 Å². The van der Waals surface area contributed by atoms with Crippen LogP contribution >= 0.6 is 12.6 Å². The predicted octanol–water partition coefficient (Wildman–Crippen LogP) is -1.93. The molecule has 0 aliphatic carbocycles. The highest BCUT2D eigenvalue weighted by molar-refractivity contribution is 7.81. The molecule has 0 saturated heterocycles. The van der Waals surface area contributed by atoms with Gasteiger partial charge in [-0.25, -0.2) is 0 Å². The maximum absolute atomic E-state index is 12.7. The number of Topliss-reactive ketones (excluding diaryl/α,β-unsaturated/α-hetero) is 1. The summed E-state index contributed by atoms with van der Waals surface area (Å²) in [7, 11) is 0. The largest absolute Gasteiger partial charge is 0.481 e. The molecule has 14 heteroatoms. The van der Waals surface area contributed by atoms with Gasteiger partial charge in [0.05, 0.1) is 24.6 Å². The highest BCUT2D eigenvalue weighted by Crippen LogP contribution is 2.05. The normalized spacial score (nSPS) is 14.2. The molecular formula is C19H30N4O9S. The van der Waals surface area contributed by atoms with Crippen molar-refractivity contribution in [2.45, 2.75) is 64.7 Å². The van der Waals surface area contributed by atoms with Crippen molar-refractivity contribution in [1.82, 2.24) is 21.3 Å². The number of hydrogen-bond donors (Lipinski definition) is 7. The Morgan fingerprint density at radius 2 is 1.24 bits per heavy atom. The Balaban J connectivity index is 5.30. The van der Waals surface area contributed by atoms with Crippen LogP contribution in [0.3, 0.4) is 0 Å². The molecular weight excluding hydrogens is 460 g/mol. The molecule has 33 heavy (non-hydrogen) atoms. The van der Waals surface area contributed by atoms with Gasteiger partial charge in [0, 0.05) is 6.92 Å². The van der Waals surface area contributed by atoms with E-state index in [2.05, 4.69) is 33.9 Å². The van der Waals surface area contributed by atoms with Gasteiger partial charge >= 0.3 is 11.9 Å². The molecule has 0 fully saturated rings. The molecule has 0 aromatic heterocycles. The second-order valence-corrected chi connectivity index (χ2v) is 7.91. The zero-order chi connectivity index (χ0) is 25.9. The zero-order valence-corrected chi connectivity index (χ0v) is 19.6. The van der Waals surface area contributed by atoms with Crippen LogP contribution in [0.15, 0.2) is 0 Å². The Morgan fingerprint density at radius 3 is 1.67 bits per heavy atom. The number of ketones is 1. The summed E-state index contributed by atoms with van der Waals surface area (Å²) >= 11 is 3.78. The van der Waals surface area contributed by atoms with E-state index >= 15 is 0 Å². The highest BCUT2D eigenvalue weighted by atomic mass is 32.1. The number of rotatable bonds is 14. The summed E-state index contributed by atoms with van der Waals surface area (Å²) in [5.41, 5.74) is 0. The highest BCUT2D eigenvalue weighted by Gasteiger charge is 2.32. The van der Waals surface area contributed by atoms with Crippen LogP contribution in [0, 0.1) is 5.92 Å². The van der Waals surface area contributed by atoms with Crippen molar-refractivity contribution >= 4 is 54.0 Å². The maximum Gasteiger partial charge on any atom is 0.305 e. The molecule has 4 amide bonds. The molecule has 0 spiro atoms. The summed E-state index contributed by atoms with van der Waals surface area (Å²) < 4.78 is 0. The Labute approximate surface area is 195 Å². The number of hydrogen-bond acceptors (Lipinski definition) is 8. The van der Waals surface area contributed by atoms with Gasteiger partial charge in [-0.2, -0.15) is 12.6 Å². The lowest BCUT2D eigenvalue weighted by Crippen LogP contribution is -2.58. The second-order valence-electron chi connectivity index (χ2n) is 7.59. The molecule has 13 nitrogen and oxygen atoms in total. The van der Waals surface area contributed by atoms with Crippen LogP contribution in [-0.2, 0) is 33.6 Å². The molecule has 0 saturated carbocycles. The smallest absolute Gasteiger partial charge is 0.305 e. The van der Waals surface area contributed by atoms with Gasteiger partial charge in [-0.05, 0) is 12.8 Å². The van der Waals surface area contributed by atoms with E-state index in [1.807, 2.05) is 0 Å². The molecule has 0 rings (SSSR count). The first-order valence-corrected chi connectivity index (χ1v) is 10.6. The lowest BCUT2D eigenvalue weighted by molar-refractivity contribution is -0.141. The monoisotopic (exact) mass is 490 g/mol. The quantitative estimate of drug-likeness (QED) is 0.135. The minimum atomic E-state index is -1.42. The van der Waals surface area contributed by atoms with E-state index in [1.165, 1.54) is 6.92 Å². The number of carboxylic acids is 2. The number of carbonyl (C=O) groups excluding carboxylic acids is 5. The minimum absolute atomic E-state index is 0.299. The van der Waals surface area contributed by atoms with Crippen molar-refractivity contribution < 1.29 is 43.8 Å². The van der Waals surface area contributed by atoms with Crippen LogP contribution in [-0.4, -0.2) is 81.5 Å². The Kier molecular flexibility index (Phi) is 12.7. The van der Waals surface area contributed by atoms with Crippen LogP contribution in [0.5, 0.6) is 0 Å². The third-order valence-corrected chi connectivity index (χ3v) is 4.62. The van der Waals surface area contributed by atoms with Crippen molar-refractivity contribution in [2.75, 3.05) is 5.75 Å². The summed E-state index contributed by atoms with van der Waals surface area (Å²) in [6.45, 7) is 5.58. The molecule has 6 N–H and O–H groups in total. The first-order valence-electron chi connectivity index (χ1n) is 9.94. The Bertz CT molecular complexity index is 771. The fourth-order valence-electron chi connectivity index (χ4n) is 2.61. The number of thiol groups is 1. The molecule has 0 bridgehead atoms. The van der Waals surface area contributed by atoms with E-state index in [0.717, 1.165) is 6.92 Å². The number of nitrogens with one attached hydrogen (secondary N) is 4. The third-order valence-electron chi connectivity index (χ3n) is 4.31. The number of carbonyl (C=O) groups is 7. The molecule has 0 aliphatic heterocycles. The SMILES string of the molecule is CC(=O)N[C@@H](CC(=O)O)C(=O)N[C@H](C(=O)N[C@@H](C)C(=O)N[C@@H](CC(=O)O)C(=O)CS)C(C)C. The predicted molar refractivity (Wildman–Crippen MR) is 117 cm³/mol. The Hall–Kier alpha value is -3.16. The van der Waals surface area contributed by atoms with Crippen molar-refractivity contribution in [2.24, 2.45) is 5.92 Å². The van der Waals surface area contributed by atoms with E-state index in [-0.39, 0.29) is 5.75 Å². The average Bonchev–Trinajstić information content (AvgIpc) is 2.68. The van der Waals surface area contributed by atoms with E-state index in [0.29, 0.717) is 0 Å². The number of amides is 4. The number of carboxylic acid groups (broad SMARTS) is 2. The van der Waals surface area contributed by atoms with Gasteiger partial charge in [-0.1, -0.05) is 13.8 Å².